The molecule has 0 spiro atoms. The van der Waals surface area contributed by atoms with Gasteiger partial charge in [0, 0.05) is 11.6 Å². The molecule has 0 unspecified atom stereocenters. The first kappa shape index (κ1) is 21.4. The summed E-state index contributed by atoms with van der Waals surface area (Å²) >= 11 is 0. The van der Waals surface area contributed by atoms with Gasteiger partial charge in [0.05, 0.1) is 46.0 Å². The molecule has 3 aromatic rings. The van der Waals surface area contributed by atoms with Crippen molar-refractivity contribution in [1.29, 1.82) is 0 Å². The standard InChI is InChI=1S/C18H20N3O8P/c1-25-14-6-5-12(9-15(14)29-30(22,23)24)21-13(10-19-20-21)11-7-16(26-2)18(28-4)17(8-11)27-3/h5-10H,1-4H3,(H2,22,23,24). The maximum absolute atomic E-state index is 11.3. The van der Waals surface area contributed by atoms with Gasteiger partial charge in [0.15, 0.2) is 23.0 Å². The molecule has 0 bridgehead atoms. The first-order chi connectivity index (χ1) is 14.3. The lowest BCUT2D eigenvalue weighted by molar-refractivity contribution is 0.276. The van der Waals surface area contributed by atoms with Crippen LogP contribution in [0, 0.1) is 0 Å². The summed E-state index contributed by atoms with van der Waals surface area (Å²) in [7, 11) is 1.08. The van der Waals surface area contributed by atoms with E-state index in [0.717, 1.165) is 0 Å². The average molecular weight is 437 g/mol. The summed E-state index contributed by atoms with van der Waals surface area (Å²) in [5.74, 6) is 1.33. The van der Waals surface area contributed by atoms with Gasteiger partial charge in [-0.1, -0.05) is 5.21 Å². The number of nitrogens with zero attached hydrogens (tertiary/aromatic N) is 3. The number of hydrogen-bond donors (Lipinski definition) is 2. The molecule has 0 amide bonds. The van der Waals surface area contributed by atoms with E-state index in [-0.39, 0.29) is 11.5 Å². The molecule has 3 rings (SSSR count). The highest BCUT2D eigenvalue weighted by atomic mass is 31.2. The van der Waals surface area contributed by atoms with E-state index >= 15 is 0 Å². The summed E-state index contributed by atoms with van der Waals surface area (Å²) in [6, 6.07) is 7.98. The van der Waals surface area contributed by atoms with Gasteiger partial charge in [-0.05, 0) is 24.3 Å². The van der Waals surface area contributed by atoms with Crippen LogP contribution in [0.2, 0.25) is 0 Å². The van der Waals surface area contributed by atoms with Gasteiger partial charge in [0.1, 0.15) is 0 Å². The summed E-state index contributed by atoms with van der Waals surface area (Å²) in [6.45, 7) is 0. The molecule has 12 heteroatoms. The average Bonchev–Trinajstić information content (AvgIpc) is 3.21. The van der Waals surface area contributed by atoms with Crippen molar-refractivity contribution in [2.24, 2.45) is 0 Å². The number of methoxy groups -OCH3 is 4. The van der Waals surface area contributed by atoms with Gasteiger partial charge in [-0.2, -0.15) is 0 Å². The Morgan fingerprint density at radius 1 is 0.867 bits per heavy atom. The summed E-state index contributed by atoms with van der Waals surface area (Å²) in [5, 5.41) is 8.02. The number of phosphoric acid groups is 1. The summed E-state index contributed by atoms with van der Waals surface area (Å²) in [4.78, 5) is 18.3. The molecule has 2 aromatic carbocycles. The second-order valence-electron chi connectivity index (χ2n) is 5.86. The van der Waals surface area contributed by atoms with Crippen LogP contribution in [0.25, 0.3) is 16.9 Å². The molecule has 0 aliphatic carbocycles. The number of phosphoric ester groups is 1. The maximum atomic E-state index is 11.3. The Balaban J connectivity index is 2.13. The van der Waals surface area contributed by atoms with E-state index in [9.17, 15) is 4.57 Å². The number of aromatic nitrogens is 3. The van der Waals surface area contributed by atoms with Gasteiger partial charge in [-0.25, -0.2) is 9.25 Å². The second-order valence-corrected chi connectivity index (χ2v) is 7.03. The van der Waals surface area contributed by atoms with E-state index in [2.05, 4.69) is 10.3 Å². The molecule has 11 nitrogen and oxygen atoms in total. The van der Waals surface area contributed by atoms with Crippen molar-refractivity contribution < 1.29 is 37.8 Å². The molecule has 30 heavy (non-hydrogen) atoms. The van der Waals surface area contributed by atoms with Gasteiger partial charge in [-0.3, -0.25) is 9.79 Å². The zero-order chi connectivity index (χ0) is 21.9. The van der Waals surface area contributed by atoms with E-state index in [0.29, 0.717) is 34.2 Å². The molecule has 0 atom stereocenters. The number of hydrogen-bond acceptors (Lipinski definition) is 8. The van der Waals surface area contributed by atoms with Crippen molar-refractivity contribution in [3.8, 4) is 45.7 Å². The number of benzene rings is 2. The molecule has 0 saturated carbocycles. The van der Waals surface area contributed by atoms with E-state index in [1.807, 2.05) is 0 Å². The van der Waals surface area contributed by atoms with Crippen molar-refractivity contribution >= 4 is 7.82 Å². The van der Waals surface area contributed by atoms with Crippen LogP contribution >= 0.6 is 7.82 Å². The highest BCUT2D eigenvalue weighted by Gasteiger charge is 2.21. The predicted molar refractivity (Wildman–Crippen MR) is 106 cm³/mol. The first-order valence-electron chi connectivity index (χ1n) is 8.46. The Bertz CT molecular complexity index is 1070. The minimum atomic E-state index is -4.80. The van der Waals surface area contributed by atoms with Crippen LogP contribution in [-0.2, 0) is 4.57 Å². The third-order valence-electron chi connectivity index (χ3n) is 4.12. The fraction of sp³-hybridized carbons (Fsp3) is 0.222. The lowest BCUT2D eigenvalue weighted by Gasteiger charge is -2.15. The molecule has 1 aromatic heterocycles. The van der Waals surface area contributed by atoms with Crippen LogP contribution in [0.4, 0.5) is 0 Å². The molecule has 0 aliphatic rings. The van der Waals surface area contributed by atoms with Crippen molar-refractivity contribution in [3.05, 3.63) is 36.5 Å². The van der Waals surface area contributed by atoms with Gasteiger partial charge in [0.2, 0.25) is 5.75 Å². The summed E-state index contributed by atoms with van der Waals surface area (Å²) in [6.07, 6.45) is 1.52. The topological polar surface area (TPSA) is 134 Å². The lowest BCUT2D eigenvalue weighted by atomic mass is 10.1. The molecule has 0 radical (unpaired) electrons. The highest BCUT2D eigenvalue weighted by Crippen LogP contribution is 2.44. The minimum absolute atomic E-state index is 0.144. The molecule has 0 saturated heterocycles. The largest absolute Gasteiger partial charge is 0.524 e. The zero-order valence-electron chi connectivity index (χ0n) is 16.6. The molecular weight excluding hydrogens is 417 g/mol. The maximum Gasteiger partial charge on any atom is 0.524 e. The Labute approximate surface area is 172 Å². The van der Waals surface area contributed by atoms with Crippen LogP contribution in [0.5, 0.6) is 28.7 Å². The fourth-order valence-electron chi connectivity index (χ4n) is 2.85. The normalized spacial score (nSPS) is 11.1. The van der Waals surface area contributed by atoms with Crippen LogP contribution in [0.15, 0.2) is 36.5 Å². The SMILES string of the molecule is COc1ccc(-n2nncc2-c2cc(OC)c(OC)c(OC)c2)cc1OP(=O)(O)O. The molecule has 2 N–H and O–H groups in total. The Morgan fingerprint density at radius 2 is 1.50 bits per heavy atom. The van der Waals surface area contributed by atoms with Gasteiger partial charge >= 0.3 is 7.82 Å². The number of rotatable bonds is 8. The Hall–Kier alpha value is -3.27. The minimum Gasteiger partial charge on any atom is -0.493 e. The van der Waals surface area contributed by atoms with Gasteiger partial charge in [0.25, 0.3) is 0 Å². The van der Waals surface area contributed by atoms with Crippen molar-refractivity contribution in [1.82, 2.24) is 15.0 Å². The molecule has 160 valence electrons. The fourth-order valence-corrected chi connectivity index (χ4v) is 3.25. The zero-order valence-corrected chi connectivity index (χ0v) is 17.5. The quantitative estimate of drug-likeness (QED) is 0.506. The Morgan fingerprint density at radius 3 is 2.03 bits per heavy atom. The van der Waals surface area contributed by atoms with Crippen LogP contribution in [-0.4, -0.2) is 53.2 Å². The summed E-state index contributed by atoms with van der Waals surface area (Å²) < 4.78 is 38.7. The van der Waals surface area contributed by atoms with Crippen molar-refractivity contribution in [2.45, 2.75) is 0 Å². The van der Waals surface area contributed by atoms with E-state index < -0.39 is 7.82 Å². The van der Waals surface area contributed by atoms with Crippen LogP contribution in [0.3, 0.4) is 0 Å². The smallest absolute Gasteiger partial charge is 0.493 e. The lowest BCUT2D eigenvalue weighted by Crippen LogP contribution is -2.02. The van der Waals surface area contributed by atoms with Crippen LogP contribution < -0.4 is 23.5 Å². The van der Waals surface area contributed by atoms with E-state index in [1.54, 1.807) is 18.2 Å². The predicted octanol–water partition coefficient (Wildman–Crippen LogP) is 2.44. The third-order valence-corrected chi connectivity index (χ3v) is 4.55. The van der Waals surface area contributed by atoms with Crippen LogP contribution in [0.1, 0.15) is 0 Å². The first-order valence-corrected chi connectivity index (χ1v) is 9.99. The van der Waals surface area contributed by atoms with Crippen molar-refractivity contribution in [2.75, 3.05) is 28.4 Å². The van der Waals surface area contributed by atoms with E-state index in [1.165, 1.54) is 51.5 Å². The van der Waals surface area contributed by atoms with Crippen molar-refractivity contribution in [3.63, 3.8) is 0 Å². The number of ether oxygens (including phenoxy) is 4. The third kappa shape index (κ3) is 4.33. The van der Waals surface area contributed by atoms with E-state index in [4.69, 9.17) is 33.3 Å². The summed E-state index contributed by atoms with van der Waals surface area (Å²) in [5.41, 5.74) is 1.64. The molecular formula is C18H20N3O8P. The molecule has 1 heterocycles. The molecule has 0 aliphatic heterocycles. The second kappa shape index (κ2) is 8.62. The molecule has 0 fully saturated rings. The van der Waals surface area contributed by atoms with Gasteiger partial charge in [-0.15, -0.1) is 5.10 Å². The highest BCUT2D eigenvalue weighted by molar-refractivity contribution is 7.46. The monoisotopic (exact) mass is 437 g/mol. The van der Waals surface area contributed by atoms with Gasteiger partial charge < -0.3 is 23.5 Å². The Kier molecular flexibility index (Phi) is 6.16.